The lowest BCUT2D eigenvalue weighted by Crippen LogP contribution is -2.49. The van der Waals surface area contributed by atoms with Gasteiger partial charge >= 0.3 is 19.3 Å². The summed E-state index contributed by atoms with van der Waals surface area (Å²) >= 11 is 1.94. The van der Waals surface area contributed by atoms with Gasteiger partial charge in [0.1, 0.15) is 12.7 Å². The first-order valence-electron chi connectivity index (χ1n) is 16.6. The van der Waals surface area contributed by atoms with Crippen molar-refractivity contribution >= 4 is 25.8 Å². The van der Waals surface area contributed by atoms with Crippen LogP contribution in [-0.4, -0.2) is 52.8 Å². The third-order valence-corrected chi connectivity index (χ3v) is 10.5. The van der Waals surface area contributed by atoms with Crippen LogP contribution in [0.4, 0.5) is 0 Å². The minimum absolute atomic E-state index is 0.0789. The molecule has 0 saturated carbocycles. The fourth-order valence-corrected chi connectivity index (χ4v) is 7.27. The molecule has 0 aliphatic rings. The number of ether oxygens (including phenoxy) is 2. The normalized spacial score (nSPS) is 15.8. The quantitative estimate of drug-likeness (QED) is 0.0515. The summed E-state index contributed by atoms with van der Waals surface area (Å²) in [5.41, 5.74) is 0. The number of unbranched alkanes of at least 4 members (excludes halogenated alkanes) is 14. The van der Waals surface area contributed by atoms with Gasteiger partial charge in [0.25, 0.3) is 0 Å². The van der Waals surface area contributed by atoms with Crippen LogP contribution in [0.3, 0.4) is 0 Å². The Morgan fingerprint density at radius 2 is 1.27 bits per heavy atom. The predicted molar refractivity (Wildman–Crippen MR) is 172 cm³/mol. The second-order valence-electron chi connectivity index (χ2n) is 11.2. The number of rotatable bonds is 29. The summed E-state index contributed by atoms with van der Waals surface area (Å²) in [6.45, 7) is 11.9. The van der Waals surface area contributed by atoms with Crippen molar-refractivity contribution in [3.8, 4) is 0 Å². The number of esters is 1. The maximum Gasteiger partial charge on any atom is 0.559 e. The molecule has 0 fully saturated rings. The monoisotopic (exact) mass is 607 g/mol. The zero-order chi connectivity index (χ0) is 30.1. The predicted octanol–water partition coefficient (Wildman–Crippen LogP) is 9.97. The van der Waals surface area contributed by atoms with Crippen molar-refractivity contribution in [2.45, 2.75) is 180 Å². The largest absolute Gasteiger partial charge is 0.559 e. The van der Waals surface area contributed by atoms with Gasteiger partial charge < -0.3 is 14.6 Å². The highest BCUT2D eigenvalue weighted by atomic mass is 32.2. The zero-order valence-corrected chi connectivity index (χ0v) is 28.6. The van der Waals surface area contributed by atoms with Crippen LogP contribution in [0.25, 0.3) is 0 Å². The summed E-state index contributed by atoms with van der Waals surface area (Å²) in [6.07, 6.45) is 21.2. The molecule has 0 amide bonds. The van der Waals surface area contributed by atoms with E-state index in [1.807, 2.05) is 25.6 Å². The summed E-state index contributed by atoms with van der Waals surface area (Å²) < 4.78 is 29.5. The molecule has 1 N–H and O–H groups in total. The Morgan fingerprint density at radius 1 is 0.775 bits per heavy atom. The second-order valence-corrected chi connectivity index (χ2v) is 14.0. The Labute approximate surface area is 252 Å². The fourth-order valence-electron chi connectivity index (χ4n) is 4.81. The average Bonchev–Trinajstić information content (AvgIpc) is 2.94. The summed E-state index contributed by atoms with van der Waals surface area (Å²) in [7, 11) is -2.72. The number of carbonyl (C=O) groups excluding carboxylic acids is 1. The molecule has 0 aliphatic carbocycles. The molecule has 238 valence electrons. The van der Waals surface area contributed by atoms with Crippen LogP contribution in [0.2, 0.25) is 0 Å². The number of thioether (sulfide) groups is 1. The van der Waals surface area contributed by atoms with Gasteiger partial charge in [-0.3, -0.25) is 0 Å². The second kappa shape index (κ2) is 26.4. The van der Waals surface area contributed by atoms with Gasteiger partial charge in [-0.2, -0.15) is 11.8 Å². The van der Waals surface area contributed by atoms with E-state index in [1.54, 1.807) is 13.8 Å². The maximum absolute atomic E-state index is 12.9. The molecule has 0 saturated heterocycles. The third-order valence-electron chi connectivity index (χ3n) is 7.45. The van der Waals surface area contributed by atoms with Crippen molar-refractivity contribution in [3.05, 3.63) is 0 Å². The molecule has 0 aromatic carbocycles. The lowest BCUT2D eigenvalue weighted by atomic mass is 10.1. The smallest absolute Gasteiger partial charge is 0.460 e. The van der Waals surface area contributed by atoms with Crippen molar-refractivity contribution in [1.82, 2.24) is 0 Å². The Morgan fingerprint density at radius 3 is 1.77 bits per heavy atom. The molecule has 0 heterocycles. The van der Waals surface area contributed by atoms with E-state index in [0.29, 0.717) is 6.42 Å². The molecule has 6 nitrogen and oxygen atoms in total. The van der Waals surface area contributed by atoms with E-state index < -0.39 is 25.4 Å². The van der Waals surface area contributed by atoms with E-state index in [4.69, 9.17) is 14.0 Å². The molecule has 40 heavy (non-hydrogen) atoms. The summed E-state index contributed by atoms with van der Waals surface area (Å²) in [4.78, 5) is 12.7. The molecular weight excluding hydrogens is 543 g/mol. The Balaban J connectivity index is 4.88. The SMILES string of the molecule is CCCCCCCCCCCCCSC(CCCCCCC)C(C)OC(C)C(O)(C(=O)OCC)[P+](=O)OCCC. The van der Waals surface area contributed by atoms with Gasteiger partial charge in [0, 0.05) is 5.25 Å². The van der Waals surface area contributed by atoms with Crippen LogP contribution >= 0.6 is 19.8 Å². The van der Waals surface area contributed by atoms with Gasteiger partial charge in [-0.25, -0.2) is 4.79 Å². The third kappa shape index (κ3) is 17.7. The van der Waals surface area contributed by atoms with Gasteiger partial charge in [0.15, 0.2) is 0 Å². The van der Waals surface area contributed by atoms with E-state index in [-0.39, 0.29) is 24.6 Å². The van der Waals surface area contributed by atoms with E-state index in [1.165, 1.54) is 96.3 Å². The van der Waals surface area contributed by atoms with Gasteiger partial charge in [-0.15, -0.1) is 4.52 Å². The van der Waals surface area contributed by atoms with Crippen molar-refractivity contribution in [1.29, 1.82) is 0 Å². The highest BCUT2D eigenvalue weighted by Crippen LogP contribution is 2.43. The van der Waals surface area contributed by atoms with Crippen LogP contribution in [0, 0.1) is 0 Å². The summed E-state index contributed by atoms with van der Waals surface area (Å²) in [6, 6.07) is 0. The van der Waals surface area contributed by atoms with Crippen LogP contribution in [-0.2, 0) is 23.4 Å². The van der Waals surface area contributed by atoms with Crippen molar-refractivity contribution in [2.24, 2.45) is 0 Å². The summed E-state index contributed by atoms with van der Waals surface area (Å²) in [5.74, 6) is 0.131. The van der Waals surface area contributed by atoms with Crippen molar-refractivity contribution in [3.63, 3.8) is 0 Å². The van der Waals surface area contributed by atoms with Crippen molar-refractivity contribution < 1.29 is 28.5 Å². The highest BCUT2D eigenvalue weighted by Gasteiger charge is 2.64. The van der Waals surface area contributed by atoms with Crippen LogP contribution in [0.1, 0.15) is 157 Å². The Kier molecular flexibility index (Phi) is 26.3. The van der Waals surface area contributed by atoms with Gasteiger partial charge in [0.05, 0.1) is 12.7 Å². The molecular formula is C32H64O6PS+. The van der Waals surface area contributed by atoms with Gasteiger partial charge in [-0.05, 0) is 50.4 Å². The van der Waals surface area contributed by atoms with E-state index in [2.05, 4.69) is 13.8 Å². The molecule has 0 bridgehead atoms. The number of carbonyl (C=O) groups is 1. The number of hydrogen-bond donors (Lipinski definition) is 1. The first kappa shape index (κ1) is 39.8. The van der Waals surface area contributed by atoms with Gasteiger partial charge in [-0.1, -0.05) is 117 Å². The molecule has 5 unspecified atom stereocenters. The lowest BCUT2D eigenvalue weighted by Gasteiger charge is -2.29. The molecule has 0 radical (unpaired) electrons. The van der Waals surface area contributed by atoms with Crippen LogP contribution in [0.15, 0.2) is 0 Å². The number of aliphatic hydroxyl groups is 1. The van der Waals surface area contributed by atoms with Crippen LogP contribution < -0.4 is 0 Å². The highest BCUT2D eigenvalue weighted by molar-refractivity contribution is 7.99. The molecule has 0 aliphatic heterocycles. The average molecular weight is 608 g/mol. The minimum atomic E-state index is -2.72. The molecule has 0 aromatic rings. The van der Waals surface area contributed by atoms with Crippen LogP contribution in [0.5, 0.6) is 0 Å². The van der Waals surface area contributed by atoms with Crippen molar-refractivity contribution in [2.75, 3.05) is 19.0 Å². The van der Waals surface area contributed by atoms with E-state index in [9.17, 15) is 14.5 Å². The molecule has 8 heteroatoms. The fraction of sp³-hybridized carbons (Fsp3) is 0.969. The molecule has 0 spiro atoms. The first-order valence-corrected chi connectivity index (χ1v) is 18.8. The number of hydrogen-bond acceptors (Lipinski definition) is 7. The molecule has 0 rings (SSSR count). The van der Waals surface area contributed by atoms with Gasteiger partial charge in [0.2, 0.25) is 0 Å². The molecule has 0 aromatic heterocycles. The maximum atomic E-state index is 12.9. The zero-order valence-electron chi connectivity index (χ0n) is 26.9. The minimum Gasteiger partial charge on any atom is -0.460 e. The van der Waals surface area contributed by atoms with E-state index >= 15 is 0 Å². The Bertz CT molecular complexity index is 622. The topological polar surface area (TPSA) is 82.1 Å². The Hall–Kier alpha value is -0.200. The van der Waals surface area contributed by atoms with E-state index in [0.717, 1.165) is 18.6 Å². The first-order chi connectivity index (χ1) is 19.3. The standard InChI is InChI=1S/C32H64O6PS/c1-7-11-13-15-16-17-18-19-20-22-24-27-40-30(25-23-21-14-12-8-2)28(5)38-29(6)32(34,31(33)36-10-4)39(35)37-26-9-3/h28-30,34H,7-27H2,1-6H3/q+1. The summed E-state index contributed by atoms with van der Waals surface area (Å²) in [5, 5.41) is 9.16. The lowest BCUT2D eigenvalue weighted by molar-refractivity contribution is -0.171. The molecule has 5 atom stereocenters.